The first-order chi connectivity index (χ1) is 9.21. The van der Waals surface area contributed by atoms with Crippen LogP contribution < -0.4 is 10.6 Å². The maximum absolute atomic E-state index is 4.46. The lowest BCUT2D eigenvalue weighted by molar-refractivity contribution is 0.922. The summed E-state index contributed by atoms with van der Waals surface area (Å²) in [4.78, 5) is 13.3. The lowest BCUT2D eigenvalue weighted by Crippen LogP contribution is -2.09. The van der Waals surface area contributed by atoms with E-state index in [4.69, 9.17) is 0 Å². The van der Waals surface area contributed by atoms with Crippen molar-refractivity contribution in [1.82, 2.24) is 15.0 Å². The molecule has 2 rings (SSSR count). The Kier molecular flexibility index (Phi) is 4.68. The lowest BCUT2D eigenvalue weighted by Gasteiger charge is -2.08. The minimum Gasteiger partial charge on any atom is -0.373 e. The predicted molar refractivity (Wildman–Crippen MR) is 80.0 cm³/mol. The van der Waals surface area contributed by atoms with Gasteiger partial charge in [-0.2, -0.15) is 0 Å². The van der Waals surface area contributed by atoms with Crippen molar-refractivity contribution in [2.24, 2.45) is 0 Å². The van der Waals surface area contributed by atoms with Crippen LogP contribution in [0.25, 0.3) is 0 Å². The van der Waals surface area contributed by atoms with Crippen LogP contribution in [0.3, 0.4) is 0 Å². The zero-order chi connectivity index (χ0) is 13.7. The van der Waals surface area contributed by atoms with Crippen molar-refractivity contribution in [3.8, 4) is 0 Å². The number of hydrogen-bond acceptors (Lipinski definition) is 6. The van der Waals surface area contributed by atoms with E-state index in [0.29, 0.717) is 0 Å². The van der Waals surface area contributed by atoms with Crippen LogP contribution in [0.2, 0.25) is 0 Å². The molecule has 0 atom stereocenters. The number of anilines is 2. The maximum atomic E-state index is 4.46. The van der Waals surface area contributed by atoms with E-state index in [0.717, 1.165) is 47.5 Å². The molecule has 0 aliphatic carbocycles. The number of hydrogen-bond donors (Lipinski definition) is 2. The average Bonchev–Trinajstić information content (AvgIpc) is 2.84. The molecule has 0 radical (unpaired) electrons. The normalized spacial score (nSPS) is 10.5. The first-order valence-electron chi connectivity index (χ1n) is 6.42. The third-order valence-corrected chi connectivity index (χ3v) is 3.68. The van der Waals surface area contributed by atoms with Crippen LogP contribution in [0.15, 0.2) is 11.4 Å². The fourth-order valence-corrected chi connectivity index (χ4v) is 2.46. The molecule has 0 aliphatic heterocycles. The van der Waals surface area contributed by atoms with E-state index in [9.17, 15) is 0 Å². The van der Waals surface area contributed by atoms with Crippen molar-refractivity contribution >= 4 is 23.0 Å². The minimum atomic E-state index is 0.829. The van der Waals surface area contributed by atoms with Gasteiger partial charge >= 0.3 is 0 Å². The fraction of sp³-hybridized carbons (Fsp3) is 0.462. The summed E-state index contributed by atoms with van der Waals surface area (Å²) in [6, 6.07) is 1.92. The largest absolute Gasteiger partial charge is 0.373 e. The van der Waals surface area contributed by atoms with Gasteiger partial charge < -0.3 is 10.6 Å². The zero-order valence-electron chi connectivity index (χ0n) is 11.5. The molecule has 0 bridgehead atoms. The van der Waals surface area contributed by atoms with Gasteiger partial charge in [0.2, 0.25) is 0 Å². The Hall–Kier alpha value is -1.69. The Labute approximate surface area is 117 Å². The second-order valence-corrected chi connectivity index (χ2v) is 5.16. The summed E-state index contributed by atoms with van der Waals surface area (Å²) < 4.78 is 0. The number of nitrogens with zero attached hydrogens (tertiary/aromatic N) is 3. The van der Waals surface area contributed by atoms with Crippen LogP contribution in [0.5, 0.6) is 0 Å². The lowest BCUT2D eigenvalue weighted by atomic mass is 10.4. The highest BCUT2D eigenvalue weighted by molar-refractivity contribution is 7.09. The highest BCUT2D eigenvalue weighted by atomic mass is 32.1. The molecule has 2 heterocycles. The SMILES string of the molecule is CCc1nc(NC)cc(NCCc2nc(C)cs2)n1. The number of thiazole rings is 1. The van der Waals surface area contributed by atoms with Crippen molar-refractivity contribution in [3.05, 3.63) is 28.0 Å². The third-order valence-electron chi connectivity index (χ3n) is 2.66. The van der Waals surface area contributed by atoms with Gasteiger partial charge in [-0.05, 0) is 6.92 Å². The second kappa shape index (κ2) is 6.47. The summed E-state index contributed by atoms with van der Waals surface area (Å²) in [5, 5.41) is 9.61. The van der Waals surface area contributed by atoms with E-state index in [1.807, 2.05) is 20.0 Å². The summed E-state index contributed by atoms with van der Waals surface area (Å²) >= 11 is 1.70. The first-order valence-corrected chi connectivity index (χ1v) is 7.29. The van der Waals surface area contributed by atoms with E-state index < -0.39 is 0 Å². The quantitative estimate of drug-likeness (QED) is 0.849. The Morgan fingerprint density at radius 1 is 1.21 bits per heavy atom. The van der Waals surface area contributed by atoms with Gasteiger partial charge in [0, 0.05) is 43.6 Å². The Morgan fingerprint density at radius 2 is 2.00 bits per heavy atom. The van der Waals surface area contributed by atoms with Crippen LogP contribution in [0, 0.1) is 6.92 Å². The van der Waals surface area contributed by atoms with Gasteiger partial charge in [-0.25, -0.2) is 15.0 Å². The van der Waals surface area contributed by atoms with E-state index >= 15 is 0 Å². The van der Waals surface area contributed by atoms with Crippen LogP contribution in [0.4, 0.5) is 11.6 Å². The predicted octanol–water partition coefficient (Wildman–Crippen LogP) is 2.50. The summed E-state index contributed by atoms with van der Waals surface area (Å²) in [6.07, 6.45) is 1.74. The van der Waals surface area contributed by atoms with Crippen LogP contribution in [-0.2, 0) is 12.8 Å². The van der Waals surface area contributed by atoms with Crippen LogP contribution in [0.1, 0.15) is 23.4 Å². The Bertz CT molecular complexity index is 515. The van der Waals surface area contributed by atoms with E-state index in [-0.39, 0.29) is 0 Å². The Morgan fingerprint density at radius 3 is 2.63 bits per heavy atom. The molecule has 6 heteroatoms. The van der Waals surface area contributed by atoms with E-state index in [1.165, 1.54) is 0 Å². The molecule has 0 amide bonds. The van der Waals surface area contributed by atoms with Gasteiger partial charge in [0.25, 0.3) is 0 Å². The molecule has 0 fully saturated rings. The highest BCUT2D eigenvalue weighted by Gasteiger charge is 2.03. The number of nitrogens with one attached hydrogen (secondary N) is 2. The molecule has 0 spiro atoms. The van der Waals surface area contributed by atoms with Crippen molar-refractivity contribution in [2.45, 2.75) is 26.7 Å². The summed E-state index contributed by atoms with van der Waals surface area (Å²) in [5.41, 5.74) is 1.09. The summed E-state index contributed by atoms with van der Waals surface area (Å²) in [5.74, 6) is 2.56. The molecule has 2 N–H and O–H groups in total. The van der Waals surface area contributed by atoms with Crippen molar-refractivity contribution in [1.29, 1.82) is 0 Å². The van der Waals surface area contributed by atoms with Crippen LogP contribution >= 0.6 is 11.3 Å². The molecule has 0 aliphatic rings. The molecular weight excluding hydrogens is 258 g/mol. The molecular formula is C13H19N5S. The first kappa shape index (κ1) is 13.7. The third kappa shape index (κ3) is 3.89. The molecule has 19 heavy (non-hydrogen) atoms. The number of rotatable bonds is 6. The van der Waals surface area contributed by atoms with Crippen molar-refractivity contribution in [3.63, 3.8) is 0 Å². The van der Waals surface area contributed by atoms with Gasteiger partial charge in [-0.3, -0.25) is 0 Å². The van der Waals surface area contributed by atoms with Crippen molar-refractivity contribution in [2.75, 3.05) is 24.2 Å². The summed E-state index contributed by atoms with van der Waals surface area (Å²) in [7, 11) is 1.86. The zero-order valence-corrected chi connectivity index (χ0v) is 12.3. The van der Waals surface area contributed by atoms with Gasteiger partial charge in [-0.15, -0.1) is 11.3 Å². The Balaban J connectivity index is 1.95. The molecule has 0 saturated heterocycles. The minimum absolute atomic E-state index is 0.829. The fourth-order valence-electron chi connectivity index (χ4n) is 1.69. The van der Waals surface area contributed by atoms with E-state index in [2.05, 4.69) is 37.9 Å². The molecule has 0 aromatic carbocycles. The highest BCUT2D eigenvalue weighted by Crippen LogP contribution is 2.13. The molecule has 102 valence electrons. The number of aryl methyl sites for hydroxylation is 2. The molecule has 0 unspecified atom stereocenters. The van der Waals surface area contributed by atoms with Gasteiger partial charge in [0.1, 0.15) is 17.5 Å². The van der Waals surface area contributed by atoms with Gasteiger partial charge in [-0.1, -0.05) is 6.92 Å². The standard InChI is InChI=1S/C13H19N5S/c1-4-10-17-11(14-3)7-12(18-10)15-6-5-13-16-9(2)8-19-13/h7-8H,4-6H2,1-3H3,(H2,14,15,17,18). The molecule has 2 aromatic rings. The maximum Gasteiger partial charge on any atom is 0.132 e. The summed E-state index contributed by atoms with van der Waals surface area (Å²) in [6.45, 7) is 4.90. The number of aromatic nitrogens is 3. The molecule has 2 aromatic heterocycles. The van der Waals surface area contributed by atoms with Crippen LogP contribution in [-0.4, -0.2) is 28.5 Å². The second-order valence-electron chi connectivity index (χ2n) is 4.22. The smallest absolute Gasteiger partial charge is 0.132 e. The van der Waals surface area contributed by atoms with E-state index in [1.54, 1.807) is 11.3 Å². The van der Waals surface area contributed by atoms with Crippen molar-refractivity contribution < 1.29 is 0 Å². The monoisotopic (exact) mass is 277 g/mol. The van der Waals surface area contributed by atoms with Gasteiger partial charge in [0.15, 0.2) is 0 Å². The van der Waals surface area contributed by atoms with Gasteiger partial charge in [0.05, 0.1) is 5.01 Å². The average molecular weight is 277 g/mol. The molecule has 0 saturated carbocycles. The topological polar surface area (TPSA) is 62.7 Å². The molecule has 5 nitrogen and oxygen atoms in total.